The molecule has 0 saturated carbocycles. The summed E-state index contributed by atoms with van der Waals surface area (Å²) in [7, 11) is 0. The van der Waals surface area contributed by atoms with Gasteiger partial charge < -0.3 is 15.1 Å². The molecule has 1 aliphatic rings. The van der Waals surface area contributed by atoms with Gasteiger partial charge in [0.05, 0.1) is 11.7 Å². The summed E-state index contributed by atoms with van der Waals surface area (Å²) >= 11 is 0. The second-order valence-corrected chi connectivity index (χ2v) is 4.96. The van der Waals surface area contributed by atoms with E-state index in [-0.39, 0.29) is 12.0 Å². The number of anilines is 1. The third-order valence-corrected chi connectivity index (χ3v) is 3.38. The molecule has 110 valence electrons. The Morgan fingerprint density at radius 3 is 3.10 bits per heavy atom. The first-order valence-corrected chi connectivity index (χ1v) is 7.08. The number of piperidine rings is 1. The van der Waals surface area contributed by atoms with Gasteiger partial charge in [0.1, 0.15) is 5.82 Å². The molecular formula is C14H22N4O2. The number of amides is 1. The quantitative estimate of drug-likeness (QED) is 0.628. The second-order valence-electron chi connectivity index (χ2n) is 4.96. The molecule has 0 radical (unpaired) electrons. The van der Waals surface area contributed by atoms with Crippen LogP contribution in [0.5, 0.6) is 0 Å². The monoisotopic (exact) mass is 278 g/mol. The normalized spacial score (nSPS) is 18.9. The Kier molecular flexibility index (Phi) is 5.31. The summed E-state index contributed by atoms with van der Waals surface area (Å²) in [5.74, 6) is 5.81. The van der Waals surface area contributed by atoms with Crippen molar-refractivity contribution >= 4 is 11.7 Å². The van der Waals surface area contributed by atoms with E-state index in [2.05, 4.69) is 17.3 Å². The largest absolute Gasteiger partial charge is 0.376 e. The predicted molar refractivity (Wildman–Crippen MR) is 77.2 cm³/mol. The maximum atomic E-state index is 12.4. The Labute approximate surface area is 119 Å². The first kappa shape index (κ1) is 14.7. The highest BCUT2D eigenvalue weighted by atomic mass is 16.5. The minimum atomic E-state index is 0.00544. The third kappa shape index (κ3) is 3.68. The zero-order valence-corrected chi connectivity index (χ0v) is 11.8. The topological polar surface area (TPSA) is 80.5 Å². The lowest BCUT2D eigenvalue weighted by molar-refractivity contribution is 0.00210. The number of hydrazine groups is 1. The summed E-state index contributed by atoms with van der Waals surface area (Å²) in [6.07, 6.45) is 4.72. The number of nitrogen functional groups attached to an aromatic ring is 1. The van der Waals surface area contributed by atoms with Crippen LogP contribution in [-0.4, -0.2) is 41.6 Å². The molecule has 20 heavy (non-hydrogen) atoms. The highest BCUT2D eigenvalue weighted by Crippen LogP contribution is 2.16. The van der Waals surface area contributed by atoms with Crippen LogP contribution in [0.2, 0.25) is 0 Å². The molecule has 1 fully saturated rings. The molecule has 1 aromatic rings. The van der Waals surface area contributed by atoms with Crippen LogP contribution in [-0.2, 0) is 4.74 Å². The van der Waals surface area contributed by atoms with E-state index in [0.717, 1.165) is 32.4 Å². The molecule has 1 aliphatic heterocycles. The van der Waals surface area contributed by atoms with E-state index in [1.165, 1.54) is 0 Å². The first-order chi connectivity index (χ1) is 9.74. The minimum absolute atomic E-state index is 0.00544. The molecular weight excluding hydrogens is 256 g/mol. The number of hydrogen-bond acceptors (Lipinski definition) is 5. The van der Waals surface area contributed by atoms with E-state index in [0.29, 0.717) is 17.9 Å². The lowest BCUT2D eigenvalue weighted by Crippen LogP contribution is -2.43. The van der Waals surface area contributed by atoms with Crippen LogP contribution in [0.1, 0.15) is 36.5 Å². The Morgan fingerprint density at radius 2 is 2.45 bits per heavy atom. The summed E-state index contributed by atoms with van der Waals surface area (Å²) in [5, 5.41) is 0. The number of carbonyl (C=O) groups is 1. The lowest BCUT2D eigenvalue weighted by Gasteiger charge is -2.32. The minimum Gasteiger partial charge on any atom is -0.376 e. The fourth-order valence-corrected chi connectivity index (χ4v) is 2.33. The van der Waals surface area contributed by atoms with Gasteiger partial charge in [0.15, 0.2) is 0 Å². The van der Waals surface area contributed by atoms with E-state index in [9.17, 15) is 4.79 Å². The number of hydrogen-bond donors (Lipinski definition) is 2. The van der Waals surface area contributed by atoms with E-state index >= 15 is 0 Å². The van der Waals surface area contributed by atoms with Crippen LogP contribution < -0.4 is 11.3 Å². The van der Waals surface area contributed by atoms with Crippen LogP contribution in [0.3, 0.4) is 0 Å². The second kappa shape index (κ2) is 7.21. The molecule has 2 rings (SSSR count). The lowest BCUT2D eigenvalue weighted by atomic mass is 10.1. The molecule has 3 N–H and O–H groups in total. The molecule has 0 aromatic carbocycles. The summed E-state index contributed by atoms with van der Waals surface area (Å²) in [4.78, 5) is 18.3. The third-order valence-electron chi connectivity index (χ3n) is 3.38. The molecule has 2 heterocycles. The number of nitrogens with two attached hydrogens (primary N) is 1. The summed E-state index contributed by atoms with van der Waals surface area (Å²) in [6.45, 7) is 4.28. The van der Waals surface area contributed by atoms with E-state index in [1.54, 1.807) is 18.3 Å². The Morgan fingerprint density at radius 1 is 1.60 bits per heavy atom. The van der Waals surface area contributed by atoms with Crippen molar-refractivity contribution in [1.82, 2.24) is 9.88 Å². The van der Waals surface area contributed by atoms with Gasteiger partial charge in [-0.2, -0.15) is 0 Å². The van der Waals surface area contributed by atoms with Crippen LogP contribution in [0, 0.1) is 0 Å². The molecule has 1 unspecified atom stereocenters. The number of pyridine rings is 1. The fourth-order valence-electron chi connectivity index (χ4n) is 2.33. The zero-order chi connectivity index (χ0) is 14.4. The Bertz CT molecular complexity index is 435. The average molecular weight is 278 g/mol. The van der Waals surface area contributed by atoms with Gasteiger partial charge in [0.2, 0.25) is 0 Å². The van der Waals surface area contributed by atoms with E-state index in [4.69, 9.17) is 10.6 Å². The van der Waals surface area contributed by atoms with E-state index in [1.807, 2.05) is 4.90 Å². The number of nitrogens with zero attached hydrogens (tertiary/aromatic N) is 2. The summed E-state index contributed by atoms with van der Waals surface area (Å²) in [5.41, 5.74) is 3.03. The standard InChI is InChI=1S/C14H22N4O2/c1-2-8-20-12-4-3-7-18(10-12)14(19)11-5-6-13(17-15)16-9-11/h5-6,9,12H,2-4,7-8,10,15H2,1H3,(H,16,17). The van der Waals surface area contributed by atoms with Crippen molar-refractivity contribution in [1.29, 1.82) is 0 Å². The summed E-state index contributed by atoms with van der Waals surface area (Å²) < 4.78 is 5.75. The van der Waals surface area contributed by atoms with Gasteiger partial charge in [-0.05, 0) is 31.4 Å². The van der Waals surface area contributed by atoms with Crippen molar-refractivity contribution in [2.24, 2.45) is 5.84 Å². The molecule has 0 aliphatic carbocycles. The van der Waals surface area contributed by atoms with Crippen molar-refractivity contribution in [2.75, 3.05) is 25.1 Å². The molecule has 1 aromatic heterocycles. The van der Waals surface area contributed by atoms with Gasteiger partial charge in [0.25, 0.3) is 5.91 Å². The number of carbonyl (C=O) groups excluding carboxylic acids is 1. The van der Waals surface area contributed by atoms with Crippen LogP contribution in [0.4, 0.5) is 5.82 Å². The highest BCUT2D eigenvalue weighted by molar-refractivity contribution is 5.94. The van der Waals surface area contributed by atoms with Gasteiger partial charge in [0, 0.05) is 25.9 Å². The van der Waals surface area contributed by atoms with Crippen LogP contribution in [0.25, 0.3) is 0 Å². The number of ether oxygens (including phenoxy) is 1. The molecule has 1 atom stereocenters. The summed E-state index contributed by atoms with van der Waals surface area (Å²) in [6, 6.07) is 3.43. The zero-order valence-electron chi connectivity index (χ0n) is 11.8. The number of rotatable bonds is 5. The molecule has 6 heteroatoms. The van der Waals surface area contributed by atoms with E-state index < -0.39 is 0 Å². The number of likely N-dealkylation sites (tertiary alicyclic amines) is 1. The highest BCUT2D eigenvalue weighted by Gasteiger charge is 2.24. The maximum Gasteiger partial charge on any atom is 0.255 e. The molecule has 0 spiro atoms. The predicted octanol–water partition coefficient (Wildman–Crippen LogP) is 1.40. The van der Waals surface area contributed by atoms with Crippen molar-refractivity contribution < 1.29 is 9.53 Å². The van der Waals surface area contributed by atoms with Gasteiger partial charge in [-0.15, -0.1) is 0 Å². The van der Waals surface area contributed by atoms with Crippen molar-refractivity contribution in [3.63, 3.8) is 0 Å². The van der Waals surface area contributed by atoms with Crippen molar-refractivity contribution in [3.05, 3.63) is 23.9 Å². The molecule has 1 saturated heterocycles. The van der Waals surface area contributed by atoms with Crippen LogP contribution >= 0.6 is 0 Å². The van der Waals surface area contributed by atoms with Gasteiger partial charge in [-0.3, -0.25) is 4.79 Å². The number of aromatic nitrogens is 1. The number of nitrogens with one attached hydrogen (secondary N) is 1. The van der Waals surface area contributed by atoms with Crippen molar-refractivity contribution in [2.45, 2.75) is 32.3 Å². The first-order valence-electron chi connectivity index (χ1n) is 7.08. The fraction of sp³-hybridized carbons (Fsp3) is 0.571. The smallest absolute Gasteiger partial charge is 0.255 e. The Balaban J connectivity index is 1.96. The van der Waals surface area contributed by atoms with Gasteiger partial charge >= 0.3 is 0 Å². The van der Waals surface area contributed by atoms with Gasteiger partial charge in [-0.1, -0.05) is 6.92 Å². The molecule has 0 bridgehead atoms. The maximum absolute atomic E-state index is 12.4. The van der Waals surface area contributed by atoms with Crippen LogP contribution in [0.15, 0.2) is 18.3 Å². The molecule has 6 nitrogen and oxygen atoms in total. The molecule has 1 amide bonds. The SMILES string of the molecule is CCCOC1CCCN(C(=O)c2ccc(NN)nc2)C1. The average Bonchev–Trinajstić information content (AvgIpc) is 2.52. The van der Waals surface area contributed by atoms with Gasteiger partial charge in [-0.25, -0.2) is 10.8 Å². The Hall–Kier alpha value is -1.66. The van der Waals surface area contributed by atoms with Crippen molar-refractivity contribution in [3.8, 4) is 0 Å².